The van der Waals surface area contributed by atoms with Gasteiger partial charge in [0.15, 0.2) is 0 Å². The molecule has 140 valence electrons. The summed E-state index contributed by atoms with van der Waals surface area (Å²) >= 11 is 0. The topological polar surface area (TPSA) is 105 Å². The van der Waals surface area contributed by atoms with E-state index in [9.17, 15) is 13.2 Å². The van der Waals surface area contributed by atoms with Crippen LogP contribution in [0.5, 0.6) is 0 Å². The van der Waals surface area contributed by atoms with E-state index in [1.165, 1.54) is 31.4 Å². The van der Waals surface area contributed by atoms with Crippen molar-refractivity contribution in [3.8, 4) is 0 Å². The highest BCUT2D eigenvalue weighted by atomic mass is 32.2. The van der Waals surface area contributed by atoms with Gasteiger partial charge in [0.05, 0.1) is 4.90 Å². The third-order valence-electron chi connectivity index (χ3n) is 4.61. The molecule has 0 spiro atoms. The van der Waals surface area contributed by atoms with Crippen LogP contribution in [0.25, 0.3) is 0 Å². The molecule has 1 saturated heterocycles. The zero-order valence-corrected chi connectivity index (χ0v) is 15.5. The van der Waals surface area contributed by atoms with Gasteiger partial charge in [-0.05, 0) is 70.1 Å². The van der Waals surface area contributed by atoms with Gasteiger partial charge < -0.3 is 15.5 Å². The smallest absolute Gasteiger partial charge is 0.238 e. The molecule has 1 fully saturated rings. The Morgan fingerprint density at radius 2 is 2.04 bits per heavy atom. The highest BCUT2D eigenvalue weighted by molar-refractivity contribution is 7.89. The molecule has 1 amide bonds. The van der Waals surface area contributed by atoms with E-state index in [4.69, 9.17) is 5.14 Å². The standard InChI is InChI=1S/C17H28N4O3S/c1-19-9-5-14-6-10-21(11-7-14)12-8-17(22)20-15-3-2-4-16(13-15)25(18,23)24/h2-4,13-14,19H,5-12H2,1H3,(H,20,22)(H2,18,23,24). The zero-order chi connectivity index (χ0) is 18.3. The van der Waals surface area contributed by atoms with Crippen LogP contribution in [-0.2, 0) is 14.8 Å². The lowest BCUT2D eigenvalue weighted by atomic mass is 9.93. The molecule has 1 aromatic carbocycles. The Morgan fingerprint density at radius 1 is 1.32 bits per heavy atom. The number of hydrogen-bond donors (Lipinski definition) is 3. The Kier molecular flexibility index (Phi) is 7.37. The van der Waals surface area contributed by atoms with E-state index in [-0.39, 0.29) is 10.8 Å². The van der Waals surface area contributed by atoms with Gasteiger partial charge >= 0.3 is 0 Å². The Morgan fingerprint density at radius 3 is 2.68 bits per heavy atom. The minimum atomic E-state index is -3.77. The van der Waals surface area contributed by atoms with E-state index in [1.54, 1.807) is 12.1 Å². The molecular weight excluding hydrogens is 340 g/mol. The van der Waals surface area contributed by atoms with Crippen molar-refractivity contribution < 1.29 is 13.2 Å². The summed E-state index contributed by atoms with van der Waals surface area (Å²) in [6.45, 7) is 3.84. The third-order valence-corrected chi connectivity index (χ3v) is 5.52. The van der Waals surface area contributed by atoms with Gasteiger partial charge in [0.25, 0.3) is 0 Å². The van der Waals surface area contributed by atoms with Crippen molar-refractivity contribution in [3.63, 3.8) is 0 Å². The number of primary sulfonamides is 1. The van der Waals surface area contributed by atoms with Gasteiger partial charge in [-0.25, -0.2) is 13.6 Å². The minimum absolute atomic E-state index is 0.00561. The van der Waals surface area contributed by atoms with Crippen molar-refractivity contribution in [1.29, 1.82) is 0 Å². The summed E-state index contributed by atoms with van der Waals surface area (Å²) in [5, 5.41) is 11.0. The molecule has 0 bridgehead atoms. The van der Waals surface area contributed by atoms with Crippen LogP contribution in [0.2, 0.25) is 0 Å². The lowest BCUT2D eigenvalue weighted by molar-refractivity contribution is -0.116. The van der Waals surface area contributed by atoms with Gasteiger partial charge in [-0.3, -0.25) is 4.79 Å². The SMILES string of the molecule is CNCCC1CCN(CCC(=O)Nc2cccc(S(N)(=O)=O)c2)CC1. The van der Waals surface area contributed by atoms with Gasteiger partial charge in [-0.1, -0.05) is 6.07 Å². The number of sulfonamides is 1. The Balaban J connectivity index is 1.75. The minimum Gasteiger partial charge on any atom is -0.326 e. The van der Waals surface area contributed by atoms with Gasteiger partial charge in [0.1, 0.15) is 0 Å². The van der Waals surface area contributed by atoms with Crippen LogP contribution in [0.1, 0.15) is 25.7 Å². The van der Waals surface area contributed by atoms with E-state index >= 15 is 0 Å². The average Bonchev–Trinajstić information content (AvgIpc) is 2.58. The summed E-state index contributed by atoms with van der Waals surface area (Å²) in [4.78, 5) is 14.4. The van der Waals surface area contributed by atoms with Crippen LogP contribution < -0.4 is 15.8 Å². The molecule has 0 aliphatic carbocycles. The molecule has 1 aliphatic heterocycles. The maximum atomic E-state index is 12.1. The van der Waals surface area contributed by atoms with Crippen molar-refractivity contribution in [2.45, 2.75) is 30.6 Å². The normalized spacial score (nSPS) is 16.7. The van der Waals surface area contributed by atoms with Crippen LogP contribution >= 0.6 is 0 Å². The molecule has 0 atom stereocenters. The molecule has 1 heterocycles. The maximum Gasteiger partial charge on any atom is 0.238 e. The van der Waals surface area contributed by atoms with E-state index < -0.39 is 10.0 Å². The average molecular weight is 369 g/mol. The summed E-state index contributed by atoms with van der Waals surface area (Å²) in [6, 6.07) is 5.99. The highest BCUT2D eigenvalue weighted by Gasteiger charge is 2.19. The Labute approximate surface area is 150 Å². The van der Waals surface area contributed by atoms with Crippen LogP contribution in [0, 0.1) is 5.92 Å². The molecule has 0 radical (unpaired) electrons. The molecule has 4 N–H and O–H groups in total. The van der Waals surface area contributed by atoms with E-state index in [0.29, 0.717) is 12.1 Å². The maximum absolute atomic E-state index is 12.1. The molecule has 7 nitrogen and oxygen atoms in total. The van der Waals surface area contributed by atoms with Gasteiger partial charge in [-0.15, -0.1) is 0 Å². The van der Waals surface area contributed by atoms with Crippen molar-refractivity contribution >= 4 is 21.6 Å². The number of rotatable bonds is 8. The molecule has 2 rings (SSSR count). The van der Waals surface area contributed by atoms with Crippen LogP contribution in [0.4, 0.5) is 5.69 Å². The third kappa shape index (κ3) is 6.74. The number of amides is 1. The fourth-order valence-electron chi connectivity index (χ4n) is 3.08. The second-order valence-corrected chi connectivity index (χ2v) is 8.11. The van der Waals surface area contributed by atoms with E-state index in [0.717, 1.165) is 32.1 Å². The zero-order valence-electron chi connectivity index (χ0n) is 14.7. The molecule has 1 aromatic rings. The number of anilines is 1. The van der Waals surface area contributed by atoms with Crippen molar-refractivity contribution in [1.82, 2.24) is 10.2 Å². The molecule has 8 heteroatoms. The molecule has 0 saturated carbocycles. The monoisotopic (exact) mass is 368 g/mol. The number of nitrogens with one attached hydrogen (secondary N) is 2. The molecule has 0 unspecified atom stereocenters. The predicted octanol–water partition coefficient (Wildman–Crippen LogP) is 0.984. The Bertz CT molecular complexity index is 670. The van der Waals surface area contributed by atoms with Crippen molar-refractivity contribution in [2.24, 2.45) is 11.1 Å². The number of likely N-dealkylation sites (tertiary alicyclic amines) is 1. The molecule has 1 aliphatic rings. The lowest BCUT2D eigenvalue weighted by Crippen LogP contribution is -2.36. The van der Waals surface area contributed by atoms with Crippen LogP contribution in [0.15, 0.2) is 29.2 Å². The second kappa shape index (κ2) is 9.28. The number of carbonyl (C=O) groups is 1. The molecule has 25 heavy (non-hydrogen) atoms. The number of hydrogen-bond acceptors (Lipinski definition) is 5. The number of carbonyl (C=O) groups excluding carboxylic acids is 1. The van der Waals surface area contributed by atoms with Gasteiger partial charge in [-0.2, -0.15) is 0 Å². The quantitative estimate of drug-likeness (QED) is 0.635. The first kappa shape index (κ1) is 19.8. The van der Waals surface area contributed by atoms with Gasteiger partial charge in [0, 0.05) is 18.7 Å². The first-order valence-corrected chi connectivity index (χ1v) is 10.2. The number of benzene rings is 1. The first-order chi connectivity index (χ1) is 11.9. The van der Waals surface area contributed by atoms with Crippen molar-refractivity contribution in [2.75, 3.05) is 38.5 Å². The highest BCUT2D eigenvalue weighted by Crippen LogP contribution is 2.20. The van der Waals surface area contributed by atoms with E-state index in [1.807, 2.05) is 7.05 Å². The van der Waals surface area contributed by atoms with Crippen molar-refractivity contribution in [3.05, 3.63) is 24.3 Å². The van der Waals surface area contributed by atoms with E-state index in [2.05, 4.69) is 15.5 Å². The molecule has 0 aromatic heterocycles. The lowest BCUT2D eigenvalue weighted by Gasteiger charge is -2.31. The fourth-order valence-corrected chi connectivity index (χ4v) is 3.64. The van der Waals surface area contributed by atoms with Crippen LogP contribution in [0.3, 0.4) is 0 Å². The van der Waals surface area contributed by atoms with Gasteiger partial charge in [0.2, 0.25) is 15.9 Å². The first-order valence-electron chi connectivity index (χ1n) is 8.68. The second-order valence-electron chi connectivity index (χ2n) is 6.55. The fraction of sp³-hybridized carbons (Fsp3) is 0.588. The predicted molar refractivity (Wildman–Crippen MR) is 98.8 cm³/mol. The summed E-state index contributed by atoms with van der Waals surface area (Å²) < 4.78 is 22.7. The number of nitrogens with zero attached hydrogens (tertiary/aromatic N) is 1. The summed E-state index contributed by atoms with van der Waals surface area (Å²) in [6.07, 6.45) is 3.96. The summed E-state index contributed by atoms with van der Waals surface area (Å²) in [5.74, 6) is 0.655. The largest absolute Gasteiger partial charge is 0.326 e. The Hall–Kier alpha value is -1.48. The molecular formula is C17H28N4O3S. The summed E-state index contributed by atoms with van der Waals surface area (Å²) in [7, 11) is -1.79. The number of nitrogens with two attached hydrogens (primary N) is 1. The van der Waals surface area contributed by atoms with Crippen LogP contribution in [-0.4, -0.2) is 52.5 Å². The number of piperidine rings is 1. The summed E-state index contributed by atoms with van der Waals surface area (Å²) in [5.41, 5.74) is 0.447.